The lowest BCUT2D eigenvalue weighted by atomic mass is 10.3. The van der Waals surface area contributed by atoms with Crippen molar-refractivity contribution >= 4 is 28.5 Å². The van der Waals surface area contributed by atoms with Gasteiger partial charge in [-0.15, -0.1) is 0 Å². The van der Waals surface area contributed by atoms with Crippen molar-refractivity contribution in [2.45, 2.75) is 0 Å². The summed E-state index contributed by atoms with van der Waals surface area (Å²) < 4.78 is 0.960. The van der Waals surface area contributed by atoms with E-state index in [-0.39, 0.29) is 19.1 Å². The van der Waals surface area contributed by atoms with Crippen molar-refractivity contribution in [2.75, 3.05) is 13.2 Å². The van der Waals surface area contributed by atoms with Crippen LogP contribution in [0, 0.1) is 3.57 Å². The van der Waals surface area contributed by atoms with E-state index >= 15 is 0 Å². The van der Waals surface area contributed by atoms with E-state index in [4.69, 9.17) is 5.11 Å². The van der Waals surface area contributed by atoms with Crippen LogP contribution in [-0.4, -0.2) is 29.1 Å². The van der Waals surface area contributed by atoms with Gasteiger partial charge in [-0.3, -0.25) is 9.78 Å². The first-order valence-electron chi connectivity index (χ1n) is 3.74. The highest BCUT2D eigenvalue weighted by Crippen LogP contribution is 2.04. The molecule has 2 N–H and O–H groups in total. The average Bonchev–Trinajstić information content (AvgIpc) is 2.14. The molecule has 1 amide bonds. The largest absolute Gasteiger partial charge is 0.395 e. The molecule has 5 heteroatoms. The number of halogens is 1. The number of aliphatic hydroxyl groups is 1. The van der Waals surface area contributed by atoms with Gasteiger partial charge in [0.1, 0.15) is 5.69 Å². The third-order valence-electron chi connectivity index (χ3n) is 1.35. The Morgan fingerprint density at radius 3 is 3.08 bits per heavy atom. The van der Waals surface area contributed by atoms with Crippen molar-refractivity contribution in [3.8, 4) is 0 Å². The third kappa shape index (κ3) is 3.27. The molecule has 0 saturated heterocycles. The molecule has 0 atom stereocenters. The van der Waals surface area contributed by atoms with E-state index in [1.54, 1.807) is 12.3 Å². The van der Waals surface area contributed by atoms with Gasteiger partial charge in [-0.1, -0.05) is 0 Å². The number of aliphatic hydroxyl groups excluding tert-OH is 1. The van der Waals surface area contributed by atoms with Crippen molar-refractivity contribution in [3.05, 3.63) is 27.6 Å². The highest BCUT2D eigenvalue weighted by Gasteiger charge is 2.05. The molecule has 0 aromatic carbocycles. The maximum absolute atomic E-state index is 11.3. The quantitative estimate of drug-likeness (QED) is 0.793. The summed E-state index contributed by atoms with van der Waals surface area (Å²) in [6.45, 7) is 0.196. The molecule has 13 heavy (non-hydrogen) atoms. The third-order valence-corrected chi connectivity index (χ3v) is 2.02. The minimum Gasteiger partial charge on any atom is -0.395 e. The molecule has 0 aliphatic carbocycles. The monoisotopic (exact) mass is 292 g/mol. The van der Waals surface area contributed by atoms with Crippen LogP contribution in [0.1, 0.15) is 10.5 Å². The Morgan fingerprint density at radius 1 is 1.69 bits per heavy atom. The smallest absolute Gasteiger partial charge is 0.269 e. The standard InChI is InChI=1S/C8H9IN2O2/c9-6-1-2-10-7(5-6)8(13)11-3-4-12/h1-2,5,12H,3-4H2,(H,11,13). The molecule has 0 spiro atoms. The number of nitrogens with one attached hydrogen (secondary N) is 1. The summed E-state index contributed by atoms with van der Waals surface area (Å²) in [7, 11) is 0. The number of aromatic nitrogens is 1. The fourth-order valence-corrected chi connectivity index (χ4v) is 1.24. The first-order valence-corrected chi connectivity index (χ1v) is 4.82. The van der Waals surface area contributed by atoms with E-state index in [1.165, 1.54) is 0 Å². The molecular weight excluding hydrogens is 283 g/mol. The van der Waals surface area contributed by atoms with E-state index in [0.717, 1.165) is 3.57 Å². The molecule has 1 aromatic heterocycles. The van der Waals surface area contributed by atoms with Gasteiger partial charge in [0, 0.05) is 16.3 Å². The predicted molar refractivity (Wildman–Crippen MR) is 56.4 cm³/mol. The lowest BCUT2D eigenvalue weighted by Crippen LogP contribution is -2.27. The van der Waals surface area contributed by atoms with Gasteiger partial charge in [-0.2, -0.15) is 0 Å². The van der Waals surface area contributed by atoms with Gasteiger partial charge < -0.3 is 10.4 Å². The fraction of sp³-hybridized carbons (Fsp3) is 0.250. The van der Waals surface area contributed by atoms with Crippen LogP contribution in [-0.2, 0) is 0 Å². The predicted octanol–water partition coefficient (Wildman–Crippen LogP) is 0.408. The van der Waals surface area contributed by atoms with Crippen molar-refractivity contribution in [3.63, 3.8) is 0 Å². The van der Waals surface area contributed by atoms with Crippen molar-refractivity contribution < 1.29 is 9.90 Å². The van der Waals surface area contributed by atoms with Gasteiger partial charge in [-0.25, -0.2) is 0 Å². The highest BCUT2D eigenvalue weighted by atomic mass is 127. The van der Waals surface area contributed by atoms with Crippen LogP contribution in [0.5, 0.6) is 0 Å². The molecule has 0 aliphatic rings. The van der Waals surface area contributed by atoms with Crippen LogP contribution < -0.4 is 5.32 Å². The first-order chi connectivity index (χ1) is 6.24. The number of hydrogen-bond acceptors (Lipinski definition) is 3. The van der Waals surface area contributed by atoms with E-state index in [0.29, 0.717) is 5.69 Å². The highest BCUT2D eigenvalue weighted by molar-refractivity contribution is 14.1. The van der Waals surface area contributed by atoms with E-state index < -0.39 is 0 Å². The van der Waals surface area contributed by atoms with Crippen molar-refractivity contribution in [2.24, 2.45) is 0 Å². The zero-order chi connectivity index (χ0) is 9.68. The SMILES string of the molecule is O=C(NCCO)c1cc(I)ccn1. The summed E-state index contributed by atoms with van der Waals surface area (Å²) in [5.74, 6) is -0.257. The van der Waals surface area contributed by atoms with Crippen LogP contribution in [0.25, 0.3) is 0 Å². The van der Waals surface area contributed by atoms with Crippen LogP contribution >= 0.6 is 22.6 Å². The van der Waals surface area contributed by atoms with E-state index in [9.17, 15) is 4.79 Å². The molecule has 0 radical (unpaired) electrons. The van der Waals surface area contributed by atoms with Crippen LogP contribution in [0.15, 0.2) is 18.3 Å². The second-order valence-corrected chi connectivity index (χ2v) is 3.58. The molecule has 0 unspecified atom stereocenters. The van der Waals surface area contributed by atoms with Gasteiger partial charge >= 0.3 is 0 Å². The number of carbonyl (C=O) groups excluding carboxylic acids is 1. The molecule has 4 nitrogen and oxygen atoms in total. The maximum Gasteiger partial charge on any atom is 0.269 e. The van der Waals surface area contributed by atoms with Crippen LogP contribution in [0.2, 0.25) is 0 Å². The topological polar surface area (TPSA) is 62.2 Å². The maximum atomic E-state index is 11.3. The van der Waals surface area contributed by atoms with E-state index in [1.807, 2.05) is 6.07 Å². The van der Waals surface area contributed by atoms with E-state index in [2.05, 4.69) is 32.9 Å². The molecule has 70 valence electrons. The van der Waals surface area contributed by atoms with Crippen molar-refractivity contribution in [1.29, 1.82) is 0 Å². The minimum absolute atomic E-state index is 0.0599. The van der Waals surface area contributed by atoms with Gasteiger partial charge in [0.25, 0.3) is 5.91 Å². The summed E-state index contributed by atoms with van der Waals surface area (Å²) in [5, 5.41) is 11.0. The molecule has 0 saturated carbocycles. The molecule has 0 aliphatic heterocycles. The van der Waals surface area contributed by atoms with Crippen LogP contribution in [0.4, 0.5) is 0 Å². The van der Waals surface area contributed by atoms with Gasteiger partial charge in [0.15, 0.2) is 0 Å². The summed E-state index contributed by atoms with van der Waals surface area (Å²) in [6, 6.07) is 3.50. The molecule has 1 rings (SSSR count). The summed E-state index contributed by atoms with van der Waals surface area (Å²) in [4.78, 5) is 15.2. The minimum atomic E-state index is -0.257. The molecule has 1 heterocycles. The lowest BCUT2D eigenvalue weighted by molar-refractivity contribution is 0.0939. The fourth-order valence-electron chi connectivity index (χ4n) is 0.789. The lowest BCUT2D eigenvalue weighted by Gasteiger charge is -2.01. The number of nitrogens with zero attached hydrogens (tertiary/aromatic N) is 1. The average molecular weight is 292 g/mol. The zero-order valence-electron chi connectivity index (χ0n) is 6.83. The molecule has 0 fully saturated rings. The Balaban J connectivity index is 2.66. The second-order valence-electron chi connectivity index (χ2n) is 2.34. The first kappa shape index (κ1) is 10.4. The summed E-state index contributed by atoms with van der Waals surface area (Å²) in [5.41, 5.74) is 0.375. The molecular formula is C8H9IN2O2. The number of amides is 1. The summed E-state index contributed by atoms with van der Waals surface area (Å²) >= 11 is 2.11. The summed E-state index contributed by atoms with van der Waals surface area (Å²) in [6.07, 6.45) is 1.58. The number of carbonyl (C=O) groups is 1. The Hall–Kier alpha value is -0.690. The second kappa shape index (κ2) is 5.13. The Bertz CT molecular complexity index is 304. The van der Waals surface area contributed by atoms with Gasteiger partial charge in [-0.05, 0) is 34.7 Å². The van der Waals surface area contributed by atoms with Crippen LogP contribution in [0.3, 0.4) is 0 Å². The van der Waals surface area contributed by atoms with Gasteiger partial charge in [0.05, 0.1) is 6.61 Å². The normalized spacial score (nSPS) is 9.69. The number of hydrogen-bond donors (Lipinski definition) is 2. The molecule has 1 aromatic rings. The number of rotatable bonds is 3. The zero-order valence-corrected chi connectivity index (χ0v) is 8.98. The Labute approximate surface area is 89.5 Å². The Morgan fingerprint density at radius 2 is 2.46 bits per heavy atom. The van der Waals surface area contributed by atoms with Gasteiger partial charge in [0.2, 0.25) is 0 Å². The van der Waals surface area contributed by atoms with Crippen molar-refractivity contribution in [1.82, 2.24) is 10.3 Å². The number of pyridine rings is 1. The molecule has 0 bridgehead atoms. The Kier molecular flexibility index (Phi) is 4.10.